The first-order chi connectivity index (χ1) is 16.8. The highest BCUT2D eigenvalue weighted by Gasteiger charge is 2.28. The van der Waals surface area contributed by atoms with E-state index in [0.29, 0.717) is 17.7 Å². The summed E-state index contributed by atoms with van der Waals surface area (Å²) >= 11 is 0. The number of carbonyl (C=O) groups is 1. The molecule has 2 N–H and O–H groups in total. The van der Waals surface area contributed by atoms with Crippen molar-refractivity contribution in [3.63, 3.8) is 0 Å². The second kappa shape index (κ2) is 11.4. The molecule has 0 aliphatic heterocycles. The number of hydrogen-bond donors (Lipinski definition) is 1. The van der Waals surface area contributed by atoms with Gasteiger partial charge in [0, 0.05) is 16.7 Å². The summed E-state index contributed by atoms with van der Waals surface area (Å²) in [5.41, 5.74) is 10.7. The molecule has 4 rings (SSSR count). The highest BCUT2D eigenvalue weighted by atomic mass is 35.5. The molecule has 0 amide bonds. The number of hydrogen-bond acceptors (Lipinski definition) is 4. The Hall–Kier alpha value is -3.65. The Bertz CT molecular complexity index is 1380. The average molecular weight is 499 g/mol. The van der Waals surface area contributed by atoms with E-state index in [4.69, 9.17) is 10.5 Å². The third-order valence-electron chi connectivity index (χ3n) is 6.13. The molecular weight excluding hydrogens is 468 g/mol. The van der Waals surface area contributed by atoms with Crippen LogP contribution in [0.3, 0.4) is 0 Å². The fourth-order valence-corrected chi connectivity index (χ4v) is 4.45. The molecule has 0 bridgehead atoms. The van der Waals surface area contributed by atoms with E-state index in [9.17, 15) is 10.1 Å². The normalized spacial score (nSPS) is 12.8. The van der Waals surface area contributed by atoms with Crippen LogP contribution in [0.4, 0.5) is 0 Å². The molecule has 0 heterocycles. The Kier molecular flexibility index (Phi) is 8.53. The van der Waals surface area contributed by atoms with Gasteiger partial charge in [0.1, 0.15) is 18.1 Å². The molecule has 4 aromatic rings. The van der Waals surface area contributed by atoms with Gasteiger partial charge in [-0.05, 0) is 66.8 Å². The fraction of sp³-hybridized carbons (Fsp3) is 0.226. The van der Waals surface area contributed by atoms with Gasteiger partial charge in [0.25, 0.3) is 0 Å². The number of nitriles is 1. The van der Waals surface area contributed by atoms with Gasteiger partial charge in [-0.1, -0.05) is 72.8 Å². The number of aldehydes is 1. The van der Waals surface area contributed by atoms with Crippen LogP contribution in [0.25, 0.3) is 21.9 Å². The van der Waals surface area contributed by atoms with E-state index in [0.717, 1.165) is 39.3 Å². The third kappa shape index (κ3) is 6.12. The predicted octanol–water partition coefficient (Wildman–Crippen LogP) is 7.30. The number of nitrogens with zero attached hydrogens (tertiary/aromatic N) is 1. The zero-order valence-electron chi connectivity index (χ0n) is 20.8. The number of carbonyl (C=O) groups excluding carboxylic acids is 1. The van der Waals surface area contributed by atoms with Gasteiger partial charge in [0.15, 0.2) is 0 Å². The van der Waals surface area contributed by atoms with Crippen molar-refractivity contribution in [3.8, 4) is 22.9 Å². The summed E-state index contributed by atoms with van der Waals surface area (Å²) in [7, 11) is 0. The Morgan fingerprint density at radius 3 is 2.36 bits per heavy atom. The maximum atomic E-state index is 11.0. The molecular formula is C31H31ClN2O2. The molecule has 0 radical (unpaired) electrons. The summed E-state index contributed by atoms with van der Waals surface area (Å²) in [6, 6.07) is 30.1. The second-order valence-electron chi connectivity index (χ2n) is 9.75. The predicted molar refractivity (Wildman–Crippen MR) is 149 cm³/mol. The fourth-order valence-electron chi connectivity index (χ4n) is 4.45. The molecule has 0 spiro atoms. The summed E-state index contributed by atoms with van der Waals surface area (Å²) < 4.78 is 6.60. The Morgan fingerprint density at radius 2 is 1.69 bits per heavy atom. The van der Waals surface area contributed by atoms with Gasteiger partial charge in [-0.15, -0.1) is 12.4 Å². The van der Waals surface area contributed by atoms with Crippen LogP contribution in [0.5, 0.6) is 5.75 Å². The van der Waals surface area contributed by atoms with Crippen LogP contribution in [-0.4, -0.2) is 11.8 Å². The summed E-state index contributed by atoms with van der Waals surface area (Å²) in [6.07, 6.45) is 1.02. The lowest BCUT2D eigenvalue weighted by Gasteiger charge is -2.28. The van der Waals surface area contributed by atoms with Crippen LogP contribution >= 0.6 is 12.4 Å². The molecule has 0 aliphatic rings. The summed E-state index contributed by atoms with van der Waals surface area (Å²) in [6.45, 7) is 5.91. The van der Waals surface area contributed by atoms with Crippen LogP contribution in [0, 0.1) is 17.2 Å². The first kappa shape index (κ1) is 26.9. The smallest absolute Gasteiger partial charge is 0.150 e. The molecule has 2 atom stereocenters. The van der Waals surface area contributed by atoms with Gasteiger partial charge >= 0.3 is 0 Å². The molecule has 0 aromatic heterocycles. The van der Waals surface area contributed by atoms with Gasteiger partial charge in [-0.3, -0.25) is 4.79 Å². The van der Waals surface area contributed by atoms with Crippen LogP contribution in [0.15, 0.2) is 84.9 Å². The lowest BCUT2D eigenvalue weighted by atomic mass is 9.84. The van der Waals surface area contributed by atoms with Crippen molar-refractivity contribution in [2.45, 2.75) is 38.8 Å². The van der Waals surface area contributed by atoms with Crippen molar-refractivity contribution in [1.82, 2.24) is 0 Å². The Morgan fingerprint density at radius 1 is 0.972 bits per heavy atom. The molecule has 0 aliphatic carbocycles. The second-order valence-corrected chi connectivity index (χ2v) is 9.75. The van der Waals surface area contributed by atoms with Crippen LogP contribution in [0.1, 0.15) is 48.4 Å². The quantitative estimate of drug-likeness (QED) is 0.258. The molecule has 5 heteroatoms. The number of fused-ring (bicyclic) bond motifs is 1. The minimum absolute atomic E-state index is 0. The van der Waals surface area contributed by atoms with Crippen molar-refractivity contribution < 1.29 is 9.53 Å². The van der Waals surface area contributed by atoms with E-state index in [1.54, 1.807) is 12.1 Å². The average Bonchev–Trinajstić information content (AvgIpc) is 2.86. The molecule has 0 saturated heterocycles. The third-order valence-corrected chi connectivity index (χ3v) is 6.13. The SMILES string of the molecule is CC(C#N)C(Oc1cccc(-c2ccc(C=O)cc2)c1)c1c(CC(C)(C)N)ccc2ccccc12.Cl. The van der Waals surface area contributed by atoms with Crippen LogP contribution in [-0.2, 0) is 6.42 Å². The zero-order chi connectivity index (χ0) is 25.0. The largest absolute Gasteiger partial charge is 0.484 e. The Labute approximate surface area is 219 Å². The van der Waals surface area contributed by atoms with Crippen molar-refractivity contribution in [2.24, 2.45) is 11.7 Å². The molecule has 184 valence electrons. The van der Waals surface area contributed by atoms with Crippen molar-refractivity contribution >= 4 is 29.5 Å². The standard InChI is InChI=1S/C31H30N2O2.ClH/c1-21(19-32)30(29-26(18-31(2,3)33)16-15-24-7-4-5-10-28(24)29)35-27-9-6-8-25(17-27)23-13-11-22(20-34)12-14-23;/h4-17,20-21,30H,18,33H2,1-3H3;1H. The van der Waals surface area contributed by atoms with Crippen LogP contribution < -0.4 is 10.5 Å². The van der Waals surface area contributed by atoms with Gasteiger partial charge in [0.2, 0.25) is 0 Å². The van der Waals surface area contributed by atoms with Crippen LogP contribution in [0.2, 0.25) is 0 Å². The molecule has 0 saturated carbocycles. The lowest BCUT2D eigenvalue weighted by Crippen LogP contribution is -2.35. The summed E-state index contributed by atoms with van der Waals surface area (Å²) in [4.78, 5) is 11.0. The molecule has 0 fully saturated rings. The first-order valence-electron chi connectivity index (χ1n) is 11.8. The van der Waals surface area contributed by atoms with E-state index in [1.165, 1.54) is 0 Å². The Balaban J connectivity index is 0.00000361. The monoisotopic (exact) mass is 498 g/mol. The lowest BCUT2D eigenvalue weighted by molar-refractivity contribution is 0.112. The zero-order valence-corrected chi connectivity index (χ0v) is 21.6. The molecule has 2 unspecified atom stereocenters. The number of rotatable bonds is 8. The topological polar surface area (TPSA) is 76.1 Å². The van der Waals surface area contributed by atoms with Crippen molar-refractivity contribution in [2.75, 3.05) is 0 Å². The molecule has 36 heavy (non-hydrogen) atoms. The van der Waals surface area contributed by atoms with Gasteiger partial charge in [-0.25, -0.2) is 0 Å². The van der Waals surface area contributed by atoms with E-state index in [2.05, 4.69) is 30.3 Å². The summed E-state index contributed by atoms with van der Waals surface area (Å²) in [5.74, 6) is 0.288. The van der Waals surface area contributed by atoms with E-state index in [1.807, 2.05) is 69.3 Å². The maximum absolute atomic E-state index is 11.0. The minimum atomic E-state index is -0.476. The van der Waals surface area contributed by atoms with E-state index < -0.39 is 17.6 Å². The van der Waals surface area contributed by atoms with Crippen molar-refractivity contribution in [1.29, 1.82) is 5.26 Å². The first-order valence-corrected chi connectivity index (χ1v) is 11.8. The van der Waals surface area contributed by atoms with E-state index in [-0.39, 0.29) is 12.4 Å². The number of ether oxygens (including phenoxy) is 1. The van der Waals surface area contributed by atoms with E-state index >= 15 is 0 Å². The number of nitrogens with two attached hydrogens (primary N) is 1. The molecule has 4 aromatic carbocycles. The van der Waals surface area contributed by atoms with Gasteiger partial charge in [0.05, 0.1) is 12.0 Å². The van der Waals surface area contributed by atoms with Crippen molar-refractivity contribution in [3.05, 3.63) is 102 Å². The highest BCUT2D eigenvalue weighted by Crippen LogP contribution is 2.37. The summed E-state index contributed by atoms with van der Waals surface area (Å²) in [5, 5.41) is 12.1. The number of halogens is 1. The van der Waals surface area contributed by atoms with Gasteiger partial charge in [-0.2, -0.15) is 5.26 Å². The van der Waals surface area contributed by atoms with Gasteiger partial charge < -0.3 is 10.5 Å². The highest BCUT2D eigenvalue weighted by molar-refractivity contribution is 5.87. The minimum Gasteiger partial charge on any atom is -0.484 e. The number of benzene rings is 4. The maximum Gasteiger partial charge on any atom is 0.150 e. The molecule has 4 nitrogen and oxygen atoms in total.